The molecule has 0 spiro atoms. The molecule has 5 heteroatoms. The van der Waals surface area contributed by atoms with E-state index in [0.29, 0.717) is 15.9 Å². The Morgan fingerprint density at radius 2 is 2.06 bits per heavy atom. The zero-order valence-corrected chi connectivity index (χ0v) is 10.7. The summed E-state index contributed by atoms with van der Waals surface area (Å²) in [5.74, 6) is -0.238. The highest BCUT2D eigenvalue weighted by molar-refractivity contribution is 9.10. The van der Waals surface area contributed by atoms with Crippen LogP contribution in [-0.4, -0.2) is 0 Å². The summed E-state index contributed by atoms with van der Waals surface area (Å²) in [5.41, 5.74) is 6.38. The van der Waals surface area contributed by atoms with E-state index in [1.54, 1.807) is 18.2 Å². The lowest BCUT2D eigenvalue weighted by Gasteiger charge is -2.10. The number of nitrogens with two attached hydrogens (primary N) is 1. The van der Waals surface area contributed by atoms with Gasteiger partial charge in [0.2, 0.25) is 0 Å². The highest BCUT2D eigenvalue weighted by atomic mass is 79.9. The molecule has 0 saturated heterocycles. The first-order chi connectivity index (χ1) is 8.61. The van der Waals surface area contributed by atoms with Gasteiger partial charge in [-0.2, -0.15) is 5.26 Å². The van der Waals surface area contributed by atoms with E-state index >= 15 is 0 Å². The second kappa shape index (κ2) is 5.07. The second-order valence-electron chi connectivity index (χ2n) is 3.52. The van der Waals surface area contributed by atoms with Gasteiger partial charge in [-0.25, -0.2) is 4.39 Å². The summed E-state index contributed by atoms with van der Waals surface area (Å²) in [6, 6.07) is 11.0. The number of para-hydroxylation sites is 1. The molecule has 0 radical (unpaired) electrons. The maximum atomic E-state index is 13.7. The topological polar surface area (TPSA) is 59.0 Å². The molecule has 0 aliphatic heterocycles. The van der Waals surface area contributed by atoms with E-state index in [4.69, 9.17) is 15.7 Å². The molecule has 0 atom stereocenters. The van der Waals surface area contributed by atoms with Crippen molar-refractivity contribution in [2.24, 2.45) is 0 Å². The van der Waals surface area contributed by atoms with Crippen molar-refractivity contribution in [1.29, 1.82) is 5.26 Å². The molecule has 0 heterocycles. The molecule has 3 nitrogen and oxygen atoms in total. The summed E-state index contributed by atoms with van der Waals surface area (Å²) < 4.78 is 19.7. The number of ether oxygens (including phenoxy) is 1. The van der Waals surface area contributed by atoms with E-state index in [-0.39, 0.29) is 11.3 Å². The Balaban J connectivity index is 2.38. The van der Waals surface area contributed by atoms with Gasteiger partial charge >= 0.3 is 0 Å². The van der Waals surface area contributed by atoms with Gasteiger partial charge in [-0.05, 0) is 46.3 Å². The van der Waals surface area contributed by atoms with Gasteiger partial charge < -0.3 is 10.5 Å². The lowest BCUT2D eigenvalue weighted by molar-refractivity contribution is 0.442. The van der Waals surface area contributed by atoms with E-state index in [1.165, 1.54) is 12.1 Å². The molecule has 2 aromatic carbocycles. The molecule has 0 aliphatic rings. The Morgan fingerprint density at radius 1 is 1.28 bits per heavy atom. The van der Waals surface area contributed by atoms with Crippen LogP contribution in [0.25, 0.3) is 0 Å². The highest BCUT2D eigenvalue weighted by Gasteiger charge is 2.10. The Kier molecular flexibility index (Phi) is 3.49. The van der Waals surface area contributed by atoms with Crippen LogP contribution in [0.3, 0.4) is 0 Å². The molecule has 2 aromatic rings. The third-order valence-corrected chi connectivity index (χ3v) is 2.89. The van der Waals surface area contributed by atoms with Gasteiger partial charge in [-0.3, -0.25) is 0 Å². The maximum Gasteiger partial charge on any atom is 0.167 e. The van der Waals surface area contributed by atoms with Crippen LogP contribution >= 0.6 is 15.9 Å². The molecular weight excluding hydrogens is 299 g/mol. The lowest BCUT2D eigenvalue weighted by Crippen LogP contribution is -1.95. The summed E-state index contributed by atoms with van der Waals surface area (Å²) in [5, 5.41) is 8.65. The number of nitriles is 1. The lowest BCUT2D eigenvalue weighted by atomic mass is 10.2. The number of anilines is 1. The van der Waals surface area contributed by atoms with Crippen molar-refractivity contribution in [3.05, 3.63) is 52.3 Å². The minimum atomic E-state index is -0.607. The predicted molar refractivity (Wildman–Crippen MR) is 69.7 cm³/mol. The van der Waals surface area contributed by atoms with Crippen molar-refractivity contribution in [3.63, 3.8) is 0 Å². The van der Waals surface area contributed by atoms with Gasteiger partial charge in [-0.1, -0.05) is 6.07 Å². The van der Waals surface area contributed by atoms with Gasteiger partial charge in [0.05, 0.1) is 21.8 Å². The van der Waals surface area contributed by atoms with Crippen LogP contribution in [0, 0.1) is 17.1 Å². The maximum absolute atomic E-state index is 13.7. The predicted octanol–water partition coefficient (Wildman–Crippen LogP) is 3.83. The fraction of sp³-hybridized carbons (Fsp3) is 0. The molecule has 0 bridgehead atoms. The first kappa shape index (κ1) is 12.4. The van der Waals surface area contributed by atoms with E-state index < -0.39 is 5.82 Å². The molecule has 0 saturated carbocycles. The molecule has 0 aliphatic carbocycles. The molecule has 18 heavy (non-hydrogen) atoms. The average molecular weight is 307 g/mol. The normalized spacial score (nSPS) is 9.83. The molecule has 0 aromatic heterocycles. The van der Waals surface area contributed by atoms with Crippen molar-refractivity contribution in [1.82, 2.24) is 0 Å². The van der Waals surface area contributed by atoms with Crippen LogP contribution in [-0.2, 0) is 0 Å². The zero-order valence-electron chi connectivity index (χ0n) is 9.15. The molecular formula is C13H8BrFN2O. The molecule has 90 valence electrons. The third kappa shape index (κ3) is 2.44. The molecule has 0 amide bonds. The standard InChI is InChI=1S/C13H8BrFN2O/c14-9-2-1-3-11(17)13(9)18-12-5-4-8(7-16)6-10(12)15/h1-6H,17H2. The largest absolute Gasteiger partial charge is 0.451 e. The summed E-state index contributed by atoms with van der Waals surface area (Å²) >= 11 is 3.28. The summed E-state index contributed by atoms with van der Waals surface area (Å²) in [6.45, 7) is 0. The number of nitrogens with zero attached hydrogens (tertiary/aromatic N) is 1. The number of benzene rings is 2. The third-order valence-electron chi connectivity index (χ3n) is 2.27. The number of hydrogen-bond acceptors (Lipinski definition) is 3. The zero-order chi connectivity index (χ0) is 13.1. The van der Waals surface area contributed by atoms with Crippen LogP contribution in [0.2, 0.25) is 0 Å². The van der Waals surface area contributed by atoms with Gasteiger partial charge in [0.15, 0.2) is 17.3 Å². The van der Waals surface area contributed by atoms with Crippen molar-refractivity contribution >= 4 is 21.6 Å². The molecule has 0 unspecified atom stereocenters. The minimum absolute atomic E-state index is 0.0209. The Bertz CT molecular complexity index is 617. The number of rotatable bonds is 2. The fourth-order valence-corrected chi connectivity index (χ4v) is 1.86. The SMILES string of the molecule is N#Cc1ccc(Oc2c(N)cccc2Br)c(F)c1. The fourth-order valence-electron chi connectivity index (χ4n) is 1.40. The number of nitrogen functional groups attached to an aromatic ring is 1. The highest BCUT2D eigenvalue weighted by Crippen LogP contribution is 2.35. The number of halogens is 2. The first-order valence-electron chi connectivity index (χ1n) is 5.03. The first-order valence-corrected chi connectivity index (χ1v) is 5.82. The van der Waals surface area contributed by atoms with Crippen LogP contribution in [0.15, 0.2) is 40.9 Å². The summed E-state index contributed by atoms with van der Waals surface area (Å²) in [6.07, 6.45) is 0. The van der Waals surface area contributed by atoms with Crippen molar-refractivity contribution in [2.45, 2.75) is 0 Å². The average Bonchev–Trinajstić information content (AvgIpc) is 2.35. The van der Waals surface area contributed by atoms with Gasteiger partial charge in [0.25, 0.3) is 0 Å². The Labute approximate surface area is 112 Å². The van der Waals surface area contributed by atoms with Crippen LogP contribution < -0.4 is 10.5 Å². The minimum Gasteiger partial charge on any atom is -0.451 e. The second-order valence-corrected chi connectivity index (χ2v) is 4.37. The Morgan fingerprint density at radius 3 is 2.67 bits per heavy atom. The quantitative estimate of drug-likeness (QED) is 0.858. The number of hydrogen-bond donors (Lipinski definition) is 1. The molecule has 2 rings (SSSR count). The van der Waals surface area contributed by atoms with E-state index in [2.05, 4.69) is 15.9 Å². The summed E-state index contributed by atoms with van der Waals surface area (Å²) in [7, 11) is 0. The van der Waals surface area contributed by atoms with Gasteiger partial charge in [0, 0.05) is 0 Å². The van der Waals surface area contributed by atoms with Crippen molar-refractivity contribution < 1.29 is 9.13 Å². The van der Waals surface area contributed by atoms with Crippen LogP contribution in [0.5, 0.6) is 11.5 Å². The van der Waals surface area contributed by atoms with E-state index in [1.807, 2.05) is 6.07 Å². The summed E-state index contributed by atoms with van der Waals surface area (Å²) in [4.78, 5) is 0. The van der Waals surface area contributed by atoms with Crippen LogP contribution in [0.1, 0.15) is 5.56 Å². The van der Waals surface area contributed by atoms with Gasteiger partial charge in [-0.15, -0.1) is 0 Å². The van der Waals surface area contributed by atoms with Crippen molar-refractivity contribution in [2.75, 3.05) is 5.73 Å². The van der Waals surface area contributed by atoms with E-state index in [0.717, 1.165) is 6.07 Å². The Hall–Kier alpha value is -2.06. The molecule has 0 fully saturated rings. The molecule has 2 N–H and O–H groups in total. The smallest absolute Gasteiger partial charge is 0.167 e. The van der Waals surface area contributed by atoms with Gasteiger partial charge in [0.1, 0.15) is 0 Å². The van der Waals surface area contributed by atoms with E-state index in [9.17, 15) is 4.39 Å². The van der Waals surface area contributed by atoms with Crippen LogP contribution in [0.4, 0.5) is 10.1 Å². The van der Waals surface area contributed by atoms with Crippen molar-refractivity contribution in [3.8, 4) is 17.6 Å². The monoisotopic (exact) mass is 306 g/mol.